The standard InChI is InChI=1S/C19H24N8O/c1-27-9-8-11-10-12(6-7-15(11)27)22-18-16(17(21)28)25-26-19(24-18)23-14-5-3-2-4-13(14)20/h6-10,13-14H,2-5,20H2,1H3,(H2,21,28)(H2,22,23,24,26)/t13-,14+/m0/s1. The van der Waals surface area contributed by atoms with Gasteiger partial charge in [-0.3, -0.25) is 4.79 Å². The van der Waals surface area contributed by atoms with Gasteiger partial charge in [-0.05, 0) is 37.1 Å². The largest absolute Gasteiger partial charge is 0.364 e. The Balaban J connectivity index is 1.62. The molecule has 146 valence electrons. The average molecular weight is 380 g/mol. The first-order valence-electron chi connectivity index (χ1n) is 9.40. The number of carbonyl (C=O) groups excluding carboxylic acids is 1. The van der Waals surface area contributed by atoms with Gasteiger partial charge >= 0.3 is 0 Å². The number of fused-ring (bicyclic) bond motifs is 1. The van der Waals surface area contributed by atoms with Crippen molar-refractivity contribution in [1.82, 2.24) is 19.7 Å². The topological polar surface area (TPSA) is 137 Å². The van der Waals surface area contributed by atoms with Gasteiger partial charge in [-0.1, -0.05) is 12.8 Å². The van der Waals surface area contributed by atoms with Crippen molar-refractivity contribution in [3.63, 3.8) is 0 Å². The number of hydrogen-bond donors (Lipinski definition) is 4. The van der Waals surface area contributed by atoms with Crippen LogP contribution in [0.3, 0.4) is 0 Å². The summed E-state index contributed by atoms with van der Waals surface area (Å²) >= 11 is 0. The van der Waals surface area contributed by atoms with Crippen LogP contribution in [0.1, 0.15) is 36.2 Å². The molecule has 0 unspecified atom stereocenters. The maximum absolute atomic E-state index is 11.8. The van der Waals surface area contributed by atoms with Crippen molar-refractivity contribution in [2.75, 3.05) is 10.6 Å². The van der Waals surface area contributed by atoms with Crippen molar-refractivity contribution in [1.29, 1.82) is 0 Å². The fourth-order valence-corrected chi connectivity index (χ4v) is 3.64. The molecule has 2 heterocycles. The summed E-state index contributed by atoms with van der Waals surface area (Å²) in [5.41, 5.74) is 13.5. The van der Waals surface area contributed by atoms with E-state index in [1.165, 1.54) is 0 Å². The van der Waals surface area contributed by atoms with Crippen LogP contribution >= 0.6 is 0 Å². The van der Waals surface area contributed by atoms with Crippen LogP contribution in [0.15, 0.2) is 30.5 Å². The molecule has 0 radical (unpaired) electrons. The molecule has 4 rings (SSSR count). The molecule has 2 aromatic heterocycles. The molecular formula is C19H24N8O. The highest BCUT2D eigenvalue weighted by molar-refractivity contribution is 5.96. The number of benzene rings is 1. The summed E-state index contributed by atoms with van der Waals surface area (Å²) in [5.74, 6) is -0.0930. The molecule has 9 nitrogen and oxygen atoms in total. The minimum Gasteiger partial charge on any atom is -0.364 e. The number of primary amides is 1. The van der Waals surface area contributed by atoms with E-state index in [0.717, 1.165) is 42.3 Å². The van der Waals surface area contributed by atoms with Crippen molar-refractivity contribution < 1.29 is 4.79 Å². The lowest BCUT2D eigenvalue weighted by molar-refractivity contribution is 0.0995. The molecule has 1 aliphatic rings. The molecule has 9 heteroatoms. The molecule has 0 bridgehead atoms. The van der Waals surface area contributed by atoms with Crippen molar-refractivity contribution in [2.45, 2.75) is 37.8 Å². The third-order valence-corrected chi connectivity index (χ3v) is 5.20. The van der Waals surface area contributed by atoms with Crippen LogP contribution in [0.5, 0.6) is 0 Å². The number of aryl methyl sites for hydroxylation is 1. The molecular weight excluding hydrogens is 356 g/mol. The summed E-state index contributed by atoms with van der Waals surface area (Å²) in [5, 5.41) is 15.5. The summed E-state index contributed by atoms with van der Waals surface area (Å²) in [6.45, 7) is 0. The van der Waals surface area contributed by atoms with Crippen LogP contribution in [0, 0.1) is 0 Å². The number of aromatic nitrogens is 4. The molecule has 1 aliphatic carbocycles. The van der Waals surface area contributed by atoms with E-state index in [1.807, 2.05) is 42.1 Å². The van der Waals surface area contributed by atoms with E-state index in [-0.39, 0.29) is 23.6 Å². The first kappa shape index (κ1) is 18.2. The Kier molecular flexibility index (Phi) is 4.82. The van der Waals surface area contributed by atoms with Crippen LogP contribution in [-0.2, 0) is 7.05 Å². The van der Waals surface area contributed by atoms with E-state index in [1.54, 1.807) is 0 Å². The molecule has 0 aliphatic heterocycles. The lowest BCUT2D eigenvalue weighted by atomic mass is 9.91. The lowest BCUT2D eigenvalue weighted by Gasteiger charge is -2.29. The number of anilines is 3. The summed E-state index contributed by atoms with van der Waals surface area (Å²) in [4.78, 5) is 16.2. The maximum atomic E-state index is 11.8. The molecule has 1 aromatic carbocycles. The quantitative estimate of drug-likeness (QED) is 0.530. The summed E-state index contributed by atoms with van der Waals surface area (Å²) < 4.78 is 2.04. The summed E-state index contributed by atoms with van der Waals surface area (Å²) in [6, 6.07) is 8.04. The van der Waals surface area contributed by atoms with Crippen molar-refractivity contribution in [2.24, 2.45) is 18.5 Å². The summed E-state index contributed by atoms with van der Waals surface area (Å²) in [6.07, 6.45) is 6.15. The lowest BCUT2D eigenvalue weighted by Crippen LogP contribution is -2.43. The molecule has 1 saturated carbocycles. The third-order valence-electron chi connectivity index (χ3n) is 5.20. The molecule has 0 saturated heterocycles. The van der Waals surface area contributed by atoms with E-state index in [4.69, 9.17) is 11.5 Å². The van der Waals surface area contributed by atoms with Crippen LogP contribution in [0.25, 0.3) is 10.9 Å². The number of carbonyl (C=O) groups is 1. The van der Waals surface area contributed by atoms with Crippen molar-refractivity contribution in [3.05, 3.63) is 36.2 Å². The minimum atomic E-state index is -0.691. The molecule has 1 fully saturated rings. The number of amides is 1. The van der Waals surface area contributed by atoms with E-state index in [0.29, 0.717) is 5.95 Å². The molecule has 2 atom stereocenters. The second-order valence-corrected chi connectivity index (χ2v) is 7.22. The third kappa shape index (κ3) is 3.61. The zero-order valence-corrected chi connectivity index (χ0v) is 15.7. The number of nitrogens with one attached hydrogen (secondary N) is 2. The normalized spacial score (nSPS) is 19.5. The highest BCUT2D eigenvalue weighted by Gasteiger charge is 2.23. The molecule has 6 N–H and O–H groups in total. The Hall–Kier alpha value is -3.20. The number of nitrogens with two attached hydrogens (primary N) is 2. The Morgan fingerprint density at radius 1 is 1.21 bits per heavy atom. The van der Waals surface area contributed by atoms with Gasteiger partial charge in [0.2, 0.25) is 5.95 Å². The predicted molar refractivity (Wildman–Crippen MR) is 108 cm³/mol. The second kappa shape index (κ2) is 7.43. The SMILES string of the molecule is Cn1ccc2cc(Nc3nc(N[C@@H]4CCCC[C@@H]4N)nnc3C(N)=O)ccc21. The number of hydrogen-bond acceptors (Lipinski definition) is 7. The first-order chi connectivity index (χ1) is 13.5. The van der Waals surface area contributed by atoms with E-state index in [9.17, 15) is 4.79 Å². The summed E-state index contributed by atoms with van der Waals surface area (Å²) in [7, 11) is 1.99. The van der Waals surface area contributed by atoms with E-state index >= 15 is 0 Å². The van der Waals surface area contributed by atoms with Gasteiger partial charge in [-0.2, -0.15) is 4.98 Å². The van der Waals surface area contributed by atoms with Gasteiger partial charge in [0.05, 0.1) is 0 Å². The maximum Gasteiger partial charge on any atom is 0.273 e. The zero-order chi connectivity index (χ0) is 19.7. The monoisotopic (exact) mass is 380 g/mol. The Morgan fingerprint density at radius 3 is 2.82 bits per heavy atom. The van der Waals surface area contributed by atoms with Gasteiger partial charge in [0, 0.05) is 41.9 Å². The van der Waals surface area contributed by atoms with Gasteiger partial charge in [-0.15, -0.1) is 10.2 Å². The smallest absolute Gasteiger partial charge is 0.273 e. The van der Waals surface area contributed by atoms with Gasteiger partial charge < -0.3 is 26.7 Å². The van der Waals surface area contributed by atoms with Crippen LogP contribution in [0.2, 0.25) is 0 Å². The molecule has 0 spiro atoms. The van der Waals surface area contributed by atoms with Gasteiger partial charge in [0.15, 0.2) is 11.5 Å². The second-order valence-electron chi connectivity index (χ2n) is 7.22. The van der Waals surface area contributed by atoms with Gasteiger partial charge in [0.25, 0.3) is 5.91 Å². The van der Waals surface area contributed by atoms with Crippen molar-refractivity contribution in [3.8, 4) is 0 Å². The van der Waals surface area contributed by atoms with E-state index in [2.05, 4.69) is 25.8 Å². The molecule has 1 amide bonds. The Labute approximate surface area is 162 Å². The average Bonchev–Trinajstić information content (AvgIpc) is 3.04. The van der Waals surface area contributed by atoms with Gasteiger partial charge in [-0.25, -0.2) is 0 Å². The fourth-order valence-electron chi connectivity index (χ4n) is 3.64. The number of nitrogens with zero attached hydrogens (tertiary/aromatic N) is 4. The zero-order valence-electron chi connectivity index (χ0n) is 15.7. The predicted octanol–water partition coefficient (Wildman–Crippen LogP) is 1.89. The molecule has 3 aromatic rings. The Bertz CT molecular complexity index is 1010. The highest BCUT2D eigenvalue weighted by Crippen LogP contribution is 2.24. The first-order valence-corrected chi connectivity index (χ1v) is 9.40. The minimum absolute atomic E-state index is 0.00773. The van der Waals surface area contributed by atoms with Crippen LogP contribution in [-0.4, -0.2) is 37.7 Å². The number of rotatable bonds is 5. The van der Waals surface area contributed by atoms with Crippen LogP contribution < -0.4 is 22.1 Å². The van der Waals surface area contributed by atoms with Gasteiger partial charge in [0.1, 0.15) is 0 Å². The van der Waals surface area contributed by atoms with Crippen molar-refractivity contribution >= 4 is 34.3 Å². The molecule has 28 heavy (non-hydrogen) atoms. The highest BCUT2D eigenvalue weighted by atomic mass is 16.1. The van der Waals surface area contributed by atoms with E-state index < -0.39 is 5.91 Å². The van der Waals surface area contributed by atoms with Crippen LogP contribution in [0.4, 0.5) is 17.5 Å². The Morgan fingerprint density at radius 2 is 2.04 bits per heavy atom. The fraction of sp³-hybridized carbons (Fsp3) is 0.368.